The highest BCUT2D eigenvalue weighted by Crippen LogP contribution is 2.31. The minimum Gasteiger partial charge on any atom is -0.484 e. The highest BCUT2D eigenvalue weighted by atomic mass is 19.4. The molecule has 0 aliphatic carbocycles. The molecule has 2 heterocycles. The van der Waals surface area contributed by atoms with Crippen LogP contribution in [0.2, 0.25) is 0 Å². The summed E-state index contributed by atoms with van der Waals surface area (Å²) < 4.78 is 54.0. The van der Waals surface area contributed by atoms with E-state index in [1.165, 1.54) is 18.4 Å². The first-order valence-electron chi connectivity index (χ1n) is 8.56. The Kier molecular flexibility index (Phi) is 6.00. The molecule has 0 unspecified atom stereocenters. The van der Waals surface area contributed by atoms with Crippen molar-refractivity contribution in [3.8, 4) is 5.75 Å². The highest BCUT2D eigenvalue weighted by Gasteiger charge is 2.30. The van der Waals surface area contributed by atoms with Crippen LogP contribution in [-0.2, 0) is 17.5 Å². The van der Waals surface area contributed by atoms with Crippen LogP contribution in [-0.4, -0.2) is 30.1 Å². The fraction of sp³-hybridized carbons (Fsp3) is 0.444. The lowest BCUT2D eigenvalue weighted by atomic mass is 10.1. The number of rotatable bonds is 6. The van der Waals surface area contributed by atoms with Crippen LogP contribution in [0.5, 0.6) is 5.75 Å². The topological polar surface area (TPSA) is 73.6 Å². The van der Waals surface area contributed by atoms with E-state index in [9.17, 15) is 18.0 Å². The Morgan fingerprint density at radius 3 is 2.93 bits per heavy atom. The molecule has 1 atom stereocenters. The summed E-state index contributed by atoms with van der Waals surface area (Å²) in [5, 5.41) is 2.73. The van der Waals surface area contributed by atoms with Crippen LogP contribution in [0.25, 0.3) is 0 Å². The Labute approximate surface area is 153 Å². The molecular weight excluding hydrogens is 365 g/mol. The first-order valence-corrected chi connectivity index (χ1v) is 8.56. The third kappa shape index (κ3) is 5.46. The zero-order valence-electron chi connectivity index (χ0n) is 14.4. The van der Waals surface area contributed by atoms with Gasteiger partial charge >= 0.3 is 6.18 Å². The maximum atomic E-state index is 12.7. The highest BCUT2D eigenvalue weighted by molar-refractivity contribution is 5.91. The van der Waals surface area contributed by atoms with Gasteiger partial charge in [-0.25, -0.2) is 4.98 Å². The van der Waals surface area contributed by atoms with E-state index < -0.39 is 17.6 Å². The van der Waals surface area contributed by atoms with Crippen molar-refractivity contribution in [2.24, 2.45) is 0 Å². The molecule has 0 bridgehead atoms. The molecule has 6 nitrogen and oxygen atoms in total. The second-order valence-corrected chi connectivity index (χ2v) is 6.14. The van der Waals surface area contributed by atoms with Crippen LogP contribution in [0.4, 0.5) is 13.2 Å². The van der Waals surface area contributed by atoms with Gasteiger partial charge in [0.05, 0.1) is 11.7 Å². The average Bonchev–Trinajstić information content (AvgIpc) is 3.14. The summed E-state index contributed by atoms with van der Waals surface area (Å²) in [7, 11) is 0. The van der Waals surface area contributed by atoms with Crippen molar-refractivity contribution in [3.63, 3.8) is 0 Å². The molecule has 0 radical (unpaired) electrons. The van der Waals surface area contributed by atoms with Gasteiger partial charge in [-0.3, -0.25) is 4.79 Å². The van der Waals surface area contributed by atoms with Crippen molar-refractivity contribution in [2.45, 2.75) is 38.1 Å². The lowest BCUT2D eigenvalue weighted by molar-refractivity contribution is -0.137. The number of nitrogens with one attached hydrogen (secondary N) is 1. The van der Waals surface area contributed by atoms with Crippen molar-refractivity contribution in [1.82, 2.24) is 10.3 Å². The smallest absolute Gasteiger partial charge is 0.416 e. The number of alkyl halides is 3. The van der Waals surface area contributed by atoms with Crippen molar-refractivity contribution in [1.29, 1.82) is 0 Å². The number of hydrogen-bond acceptors (Lipinski definition) is 5. The van der Waals surface area contributed by atoms with Crippen LogP contribution < -0.4 is 10.1 Å². The molecule has 1 amide bonds. The van der Waals surface area contributed by atoms with E-state index in [4.69, 9.17) is 13.9 Å². The van der Waals surface area contributed by atoms with Gasteiger partial charge in [-0.05, 0) is 37.5 Å². The Hall–Kier alpha value is -2.55. The van der Waals surface area contributed by atoms with E-state index >= 15 is 0 Å². The Morgan fingerprint density at radius 1 is 1.33 bits per heavy atom. The number of nitrogens with zero attached hydrogens (tertiary/aromatic N) is 1. The monoisotopic (exact) mass is 384 g/mol. The molecule has 146 valence electrons. The zero-order valence-corrected chi connectivity index (χ0v) is 14.4. The molecule has 0 spiro atoms. The average molecular weight is 384 g/mol. The molecule has 3 rings (SSSR count). The second kappa shape index (κ2) is 8.43. The van der Waals surface area contributed by atoms with E-state index in [2.05, 4.69) is 10.3 Å². The van der Waals surface area contributed by atoms with Gasteiger partial charge in [0.25, 0.3) is 5.91 Å². The predicted molar refractivity (Wildman–Crippen MR) is 88.2 cm³/mol. The van der Waals surface area contributed by atoms with Gasteiger partial charge in [0.15, 0.2) is 12.3 Å². The van der Waals surface area contributed by atoms with E-state index in [1.807, 2.05) is 0 Å². The summed E-state index contributed by atoms with van der Waals surface area (Å²) in [5.41, 5.74) is -0.731. The van der Waals surface area contributed by atoms with E-state index in [0.29, 0.717) is 13.2 Å². The normalized spacial score (nSPS) is 17.5. The minimum atomic E-state index is -4.45. The quantitative estimate of drug-likeness (QED) is 0.824. The Balaban J connectivity index is 1.51. The minimum absolute atomic E-state index is 0.00156. The molecule has 9 heteroatoms. The second-order valence-electron chi connectivity index (χ2n) is 6.14. The van der Waals surface area contributed by atoms with Crippen LogP contribution in [0.1, 0.15) is 41.2 Å². The number of hydrogen-bond donors (Lipinski definition) is 1. The number of carbonyl (C=O) groups excluding carboxylic acids is 1. The van der Waals surface area contributed by atoms with Gasteiger partial charge in [0, 0.05) is 13.2 Å². The van der Waals surface area contributed by atoms with Gasteiger partial charge in [-0.15, -0.1) is 0 Å². The van der Waals surface area contributed by atoms with Crippen molar-refractivity contribution in [3.05, 3.63) is 47.7 Å². The van der Waals surface area contributed by atoms with Crippen molar-refractivity contribution in [2.75, 3.05) is 13.2 Å². The van der Waals surface area contributed by atoms with E-state index in [-0.39, 0.29) is 30.0 Å². The first-order chi connectivity index (χ1) is 12.9. The molecule has 1 aliphatic rings. The fourth-order valence-corrected chi connectivity index (χ4v) is 2.65. The summed E-state index contributed by atoms with van der Waals surface area (Å²) in [4.78, 5) is 16.1. The molecule has 27 heavy (non-hydrogen) atoms. The number of amides is 1. The number of halogens is 3. The molecule has 1 aliphatic heterocycles. The molecule has 1 aromatic carbocycles. The van der Waals surface area contributed by atoms with Crippen LogP contribution in [0.3, 0.4) is 0 Å². The van der Waals surface area contributed by atoms with Gasteiger partial charge in [0.2, 0.25) is 5.89 Å². The molecule has 1 N–H and O–H groups in total. The third-order valence-electron chi connectivity index (χ3n) is 4.07. The lowest BCUT2D eigenvalue weighted by Crippen LogP contribution is -2.35. The first kappa shape index (κ1) is 19.2. The maximum Gasteiger partial charge on any atom is 0.416 e. The SMILES string of the molecule is O=C(NC[C@@H]1CCCCO1)c1coc(COc2cccc(C(F)(F)F)c2)n1. The van der Waals surface area contributed by atoms with Crippen LogP contribution in [0.15, 0.2) is 34.9 Å². The lowest BCUT2D eigenvalue weighted by Gasteiger charge is -2.22. The van der Waals surface area contributed by atoms with Crippen LogP contribution >= 0.6 is 0 Å². The number of aromatic nitrogens is 1. The van der Waals surface area contributed by atoms with E-state index in [0.717, 1.165) is 31.4 Å². The van der Waals surface area contributed by atoms with Gasteiger partial charge in [-0.2, -0.15) is 13.2 Å². The molecule has 1 aromatic heterocycles. The largest absolute Gasteiger partial charge is 0.484 e. The number of ether oxygens (including phenoxy) is 2. The third-order valence-corrected chi connectivity index (χ3v) is 4.07. The van der Waals surface area contributed by atoms with Crippen LogP contribution in [0, 0.1) is 0 Å². The predicted octanol–water partition coefficient (Wildman–Crippen LogP) is 3.57. The number of benzene rings is 1. The molecule has 1 fully saturated rings. The maximum absolute atomic E-state index is 12.7. The molecular formula is C18H19F3N2O4. The van der Waals surface area contributed by atoms with Crippen molar-refractivity contribution >= 4 is 5.91 Å². The van der Waals surface area contributed by atoms with E-state index in [1.54, 1.807) is 0 Å². The van der Waals surface area contributed by atoms with Gasteiger partial charge < -0.3 is 19.2 Å². The zero-order chi connectivity index (χ0) is 19.3. The molecule has 2 aromatic rings. The summed E-state index contributed by atoms with van der Waals surface area (Å²) in [6.45, 7) is 0.892. The molecule has 1 saturated heterocycles. The summed E-state index contributed by atoms with van der Waals surface area (Å²) in [6, 6.07) is 4.49. The Morgan fingerprint density at radius 2 is 2.19 bits per heavy atom. The summed E-state index contributed by atoms with van der Waals surface area (Å²) >= 11 is 0. The van der Waals surface area contributed by atoms with Gasteiger partial charge in [-0.1, -0.05) is 6.07 Å². The summed E-state index contributed by atoms with van der Waals surface area (Å²) in [5.74, 6) is -0.284. The fourth-order valence-electron chi connectivity index (χ4n) is 2.65. The summed E-state index contributed by atoms with van der Waals surface area (Å²) in [6.07, 6.45) is -0.268. The number of oxazole rings is 1. The standard InChI is InChI=1S/C18H19F3N2O4/c19-18(20,21)12-4-3-6-13(8-12)26-11-16-23-15(10-27-16)17(24)22-9-14-5-1-2-7-25-14/h3-4,6,8,10,14H,1-2,5,7,9,11H2,(H,22,24)/t14-/m0/s1. The van der Waals surface area contributed by atoms with Crippen molar-refractivity contribution < 1.29 is 31.9 Å². The molecule has 0 saturated carbocycles. The van der Waals surface area contributed by atoms with Gasteiger partial charge in [0.1, 0.15) is 12.0 Å². The Bertz CT molecular complexity index is 770. The number of carbonyl (C=O) groups is 1.